The molecule has 0 bridgehead atoms. The van der Waals surface area contributed by atoms with E-state index in [0.717, 1.165) is 12.8 Å². The van der Waals surface area contributed by atoms with Gasteiger partial charge in [-0.2, -0.15) is 0 Å². The molecule has 3 rings (SSSR count). The van der Waals surface area contributed by atoms with E-state index in [-0.39, 0.29) is 29.7 Å². The highest BCUT2D eigenvalue weighted by atomic mass is 32.1. The second kappa shape index (κ2) is 8.95. The van der Waals surface area contributed by atoms with Crippen LogP contribution in [0.3, 0.4) is 0 Å². The Kier molecular flexibility index (Phi) is 6.57. The Labute approximate surface area is 176 Å². The molecule has 2 amide bonds. The van der Waals surface area contributed by atoms with Gasteiger partial charge in [0.2, 0.25) is 5.91 Å². The highest BCUT2D eigenvalue weighted by Crippen LogP contribution is 2.38. The lowest BCUT2D eigenvalue weighted by molar-refractivity contribution is -0.121. The van der Waals surface area contributed by atoms with E-state index >= 15 is 0 Å². The topological polar surface area (TPSA) is 80.3 Å². The Hall–Kier alpha value is -2.41. The number of nitrogens with one attached hydrogen (secondary N) is 2. The zero-order valence-corrected chi connectivity index (χ0v) is 18.3. The third kappa shape index (κ3) is 6.03. The van der Waals surface area contributed by atoms with Crippen molar-refractivity contribution in [2.45, 2.75) is 52.5 Å². The van der Waals surface area contributed by atoms with Crippen LogP contribution >= 0.6 is 11.3 Å². The van der Waals surface area contributed by atoms with Gasteiger partial charge in [0.15, 0.2) is 5.13 Å². The number of anilines is 1. The first-order chi connectivity index (χ1) is 13.7. The van der Waals surface area contributed by atoms with Crippen LogP contribution in [0.25, 0.3) is 0 Å². The summed E-state index contributed by atoms with van der Waals surface area (Å²) in [6.45, 7) is 6.78. The van der Waals surface area contributed by atoms with Gasteiger partial charge in [-0.1, -0.05) is 20.8 Å². The van der Waals surface area contributed by atoms with Gasteiger partial charge in [-0.15, -0.1) is 11.3 Å². The van der Waals surface area contributed by atoms with Gasteiger partial charge < -0.3 is 10.1 Å². The Morgan fingerprint density at radius 1 is 1.24 bits per heavy atom. The minimum atomic E-state index is -0.239. The van der Waals surface area contributed by atoms with Gasteiger partial charge in [0.25, 0.3) is 5.91 Å². The van der Waals surface area contributed by atoms with Crippen LogP contribution in [0.5, 0.6) is 5.75 Å². The summed E-state index contributed by atoms with van der Waals surface area (Å²) in [6, 6.07) is 7.08. The Morgan fingerprint density at radius 3 is 2.62 bits per heavy atom. The number of amides is 2. The van der Waals surface area contributed by atoms with E-state index in [1.807, 2.05) is 5.38 Å². The van der Waals surface area contributed by atoms with Gasteiger partial charge >= 0.3 is 0 Å². The minimum absolute atomic E-state index is 0.0155. The quantitative estimate of drug-likeness (QED) is 0.738. The molecule has 1 aromatic carbocycles. The number of benzene rings is 1. The summed E-state index contributed by atoms with van der Waals surface area (Å²) >= 11 is 1.32. The number of aromatic nitrogens is 1. The van der Waals surface area contributed by atoms with Crippen LogP contribution in [-0.2, 0) is 11.2 Å². The molecule has 2 unspecified atom stereocenters. The zero-order valence-electron chi connectivity index (χ0n) is 17.5. The van der Waals surface area contributed by atoms with Crippen molar-refractivity contribution in [2.24, 2.45) is 11.3 Å². The average Bonchev–Trinajstić information content (AvgIpc) is 3.06. The first-order valence-electron chi connectivity index (χ1n) is 9.93. The molecule has 1 aromatic heterocycles. The summed E-state index contributed by atoms with van der Waals surface area (Å²) < 4.78 is 5.10. The highest BCUT2D eigenvalue weighted by Gasteiger charge is 2.32. The van der Waals surface area contributed by atoms with Crippen molar-refractivity contribution in [3.05, 3.63) is 40.9 Å². The van der Waals surface area contributed by atoms with Crippen molar-refractivity contribution < 1.29 is 14.3 Å². The second-order valence-corrected chi connectivity index (χ2v) is 9.54. The molecule has 1 aliphatic carbocycles. The number of hydrogen-bond donors (Lipinski definition) is 2. The lowest BCUT2D eigenvalue weighted by Crippen LogP contribution is -2.43. The monoisotopic (exact) mass is 415 g/mol. The van der Waals surface area contributed by atoms with Gasteiger partial charge in [0.1, 0.15) is 5.75 Å². The lowest BCUT2D eigenvalue weighted by Gasteiger charge is -2.39. The maximum absolute atomic E-state index is 12.5. The fraction of sp³-hybridized carbons (Fsp3) is 0.500. The van der Waals surface area contributed by atoms with Crippen LogP contribution in [0, 0.1) is 11.3 Å². The van der Waals surface area contributed by atoms with Gasteiger partial charge in [-0.3, -0.25) is 14.9 Å². The fourth-order valence-electron chi connectivity index (χ4n) is 4.26. The number of nitrogens with zero attached hydrogens (tertiary/aromatic N) is 1. The van der Waals surface area contributed by atoms with E-state index in [9.17, 15) is 9.59 Å². The molecule has 6 nitrogen and oxygen atoms in total. The number of carbonyl (C=O) groups excluding carboxylic acids is 2. The summed E-state index contributed by atoms with van der Waals surface area (Å²) in [7, 11) is 1.58. The van der Waals surface area contributed by atoms with E-state index in [2.05, 4.69) is 36.4 Å². The number of hydrogen-bond acceptors (Lipinski definition) is 5. The predicted octanol–water partition coefficient (Wildman–Crippen LogP) is 4.28. The number of ether oxygens (including phenoxy) is 1. The van der Waals surface area contributed by atoms with Crippen LogP contribution in [-0.4, -0.2) is 29.9 Å². The zero-order chi connectivity index (χ0) is 21.0. The van der Waals surface area contributed by atoms with Crippen molar-refractivity contribution in [3.63, 3.8) is 0 Å². The van der Waals surface area contributed by atoms with Crippen LogP contribution < -0.4 is 15.4 Å². The molecule has 0 radical (unpaired) electrons. The molecule has 2 N–H and O–H groups in total. The van der Waals surface area contributed by atoms with Crippen molar-refractivity contribution in [3.8, 4) is 5.75 Å². The molecule has 1 saturated carbocycles. The molecule has 2 aromatic rings. The SMILES string of the molecule is COc1ccc(C(=O)Nc2nc(CC(=O)NC3CC(C)CC(C)(C)C3)cs2)cc1. The number of thiazole rings is 1. The van der Waals surface area contributed by atoms with Gasteiger partial charge in [0.05, 0.1) is 19.2 Å². The normalized spacial score (nSPS) is 20.7. The van der Waals surface area contributed by atoms with Crippen LogP contribution in [0.15, 0.2) is 29.6 Å². The van der Waals surface area contributed by atoms with E-state index in [1.165, 1.54) is 17.8 Å². The third-order valence-electron chi connectivity index (χ3n) is 5.22. The first kappa shape index (κ1) is 21.3. The molecule has 156 valence electrons. The summed E-state index contributed by atoms with van der Waals surface area (Å²) in [5.74, 6) is 1.05. The smallest absolute Gasteiger partial charge is 0.257 e. The summed E-state index contributed by atoms with van der Waals surface area (Å²) in [4.78, 5) is 29.2. The molecule has 7 heteroatoms. The Morgan fingerprint density at radius 2 is 1.97 bits per heavy atom. The molecular formula is C22H29N3O3S. The van der Waals surface area contributed by atoms with E-state index < -0.39 is 0 Å². The van der Waals surface area contributed by atoms with Crippen LogP contribution in [0.1, 0.15) is 56.1 Å². The van der Waals surface area contributed by atoms with Crippen LogP contribution in [0.2, 0.25) is 0 Å². The molecule has 29 heavy (non-hydrogen) atoms. The fourth-order valence-corrected chi connectivity index (χ4v) is 4.96. The minimum Gasteiger partial charge on any atom is -0.497 e. The maximum atomic E-state index is 12.5. The lowest BCUT2D eigenvalue weighted by atomic mass is 9.70. The summed E-state index contributed by atoms with van der Waals surface area (Å²) in [5, 5.41) is 8.25. The number of carbonyl (C=O) groups is 2. The highest BCUT2D eigenvalue weighted by molar-refractivity contribution is 7.14. The van der Waals surface area contributed by atoms with Crippen molar-refractivity contribution >= 4 is 28.3 Å². The van der Waals surface area contributed by atoms with E-state index in [1.54, 1.807) is 31.4 Å². The molecule has 0 saturated heterocycles. The summed E-state index contributed by atoms with van der Waals surface area (Å²) in [5.41, 5.74) is 1.45. The number of rotatable bonds is 6. The Balaban J connectivity index is 1.53. The van der Waals surface area contributed by atoms with Gasteiger partial charge in [-0.25, -0.2) is 4.98 Å². The standard InChI is InChI=1S/C22H29N3O3S/c1-14-9-16(12-22(2,3)11-14)23-19(26)10-17-13-29-21(24-17)25-20(27)15-5-7-18(28-4)8-6-15/h5-8,13-14,16H,9-12H2,1-4H3,(H,23,26)(H,24,25,27). The van der Waals surface area contributed by atoms with Gasteiger partial charge in [0, 0.05) is 17.0 Å². The summed E-state index contributed by atoms with van der Waals surface area (Å²) in [6.07, 6.45) is 3.45. The number of methoxy groups -OCH3 is 1. The van der Waals surface area contributed by atoms with Crippen molar-refractivity contribution in [1.82, 2.24) is 10.3 Å². The molecule has 0 aliphatic heterocycles. The van der Waals surface area contributed by atoms with Crippen molar-refractivity contribution in [2.75, 3.05) is 12.4 Å². The van der Waals surface area contributed by atoms with Crippen molar-refractivity contribution in [1.29, 1.82) is 0 Å². The molecule has 1 aliphatic rings. The van der Waals surface area contributed by atoms with E-state index in [4.69, 9.17) is 4.74 Å². The van der Waals surface area contributed by atoms with Gasteiger partial charge in [-0.05, 0) is 54.9 Å². The first-order valence-corrected chi connectivity index (χ1v) is 10.8. The largest absolute Gasteiger partial charge is 0.497 e. The molecule has 2 atom stereocenters. The third-order valence-corrected chi connectivity index (χ3v) is 6.02. The predicted molar refractivity (Wildman–Crippen MR) is 115 cm³/mol. The maximum Gasteiger partial charge on any atom is 0.257 e. The molecule has 1 heterocycles. The second-order valence-electron chi connectivity index (χ2n) is 8.68. The molecule has 0 spiro atoms. The molecular weight excluding hydrogens is 386 g/mol. The average molecular weight is 416 g/mol. The van der Waals surface area contributed by atoms with E-state index in [0.29, 0.717) is 28.1 Å². The van der Waals surface area contributed by atoms with Crippen LogP contribution in [0.4, 0.5) is 5.13 Å². The molecule has 1 fully saturated rings. The Bertz CT molecular complexity index is 860.